The summed E-state index contributed by atoms with van der Waals surface area (Å²) >= 11 is 5.98. The van der Waals surface area contributed by atoms with Crippen LogP contribution < -0.4 is 14.8 Å². The number of amides is 1. The van der Waals surface area contributed by atoms with Gasteiger partial charge in [0.15, 0.2) is 11.5 Å². The van der Waals surface area contributed by atoms with Gasteiger partial charge in [0, 0.05) is 31.2 Å². The Morgan fingerprint density at radius 2 is 1.98 bits per heavy atom. The predicted octanol–water partition coefficient (Wildman–Crippen LogP) is 5.40. The summed E-state index contributed by atoms with van der Waals surface area (Å²) in [6, 6.07) is 12.2. The monoisotopic (exact) mass is 605 g/mol. The molecule has 224 valence electrons. The van der Waals surface area contributed by atoms with Crippen LogP contribution in [0.3, 0.4) is 0 Å². The number of carbonyl (C=O) groups is 1. The van der Waals surface area contributed by atoms with Crippen molar-refractivity contribution in [2.75, 3.05) is 26.7 Å². The molecule has 0 spiro atoms. The minimum Gasteiger partial charge on any atom is -0.444 e. The SMILES string of the molecule is CNC(=O)c1cc2nc(CN3CCC(c4cccc5c4O[C@@](C)(c4ccc(Cl)cc4F)O5)CC3)n(C[C@@H]3CCO3)c2cn1. The zero-order valence-corrected chi connectivity index (χ0v) is 24.9. The van der Waals surface area contributed by atoms with Gasteiger partial charge in [-0.1, -0.05) is 23.7 Å². The lowest BCUT2D eigenvalue weighted by atomic mass is 9.88. The Kier molecular flexibility index (Phi) is 7.23. The maximum absolute atomic E-state index is 14.8. The van der Waals surface area contributed by atoms with E-state index in [9.17, 15) is 9.18 Å². The zero-order chi connectivity index (χ0) is 29.7. The minimum atomic E-state index is -1.27. The lowest BCUT2D eigenvalue weighted by Crippen LogP contribution is -2.35. The third-order valence-electron chi connectivity index (χ3n) is 8.78. The van der Waals surface area contributed by atoms with Crippen molar-refractivity contribution in [3.8, 4) is 11.5 Å². The Bertz CT molecular complexity index is 1700. The van der Waals surface area contributed by atoms with Gasteiger partial charge in [0.25, 0.3) is 11.7 Å². The number of nitrogens with zero attached hydrogens (tertiary/aromatic N) is 4. The molecule has 0 radical (unpaired) electrons. The number of para-hydroxylation sites is 1. The second kappa shape index (κ2) is 11.1. The molecule has 2 aromatic carbocycles. The number of nitrogens with one attached hydrogen (secondary N) is 1. The quantitative estimate of drug-likeness (QED) is 0.302. The molecule has 3 aliphatic rings. The fraction of sp³-hybridized carbons (Fsp3) is 0.406. The maximum atomic E-state index is 14.8. The second-order valence-electron chi connectivity index (χ2n) is 11.6. The van der Waals surface area contributed by atoms with Gasteiger partial charge >= 0.3 is 0 Å². The van der Waals surface area contributed by atoms with Crippen molar-refractivity contribution in [1.82, 2.24) is 24.8 Å². The van der Waals surface area contributed by atoms with Gasteiger partial charge in [-0.05, 0) is 68.6 Å². The molecule has 7 rings (SSSR count). The van der Waals surface area contributed by atoms with Crippen LogP contribution in [0.2, 0.25) is 5.02 Å². The smallest absolute Gasteiger partial charge is 0.278 e. The van der Waals surface area contributed by atoms with E-state index >= 15 is 0 Å². The molecule has 9 nitrogen and oxygen atoms in total. The van der Waals surface area contributed by atoms with Gasteiger partial charge in [-0.15, -0.1) is 0 Å². The number of rotatable bonds is 7. The number of carbonyl (C=O) groups excluding carboxylic acids is 1. The molecule has 3 aliphatic heterocycles. The van der Waals surface area contributed by atoms with E-state index < -0.39 is 11.6 Å². The molecule has 0 aliphatic carbocycles. The van der Waals surface area contributed by atoms with Crippen LogP contribution in [0.4, 0.5) is 4.39 Å². The van der Waals surface area contributed by atoms with Crippen LogP contribution in [0, 0.1) is 5.82 Å². The lowest BCUT2D eigenvalue weighted by molar-refractivity contribution is -0.0712. The number of pyridine rings is 1. The van der Waals surface area contributed by atoms with E-state index in [0.29, 0.717) is 40.9 Å². The molecule has 0 unspecified atom stereocenters. The number of likely N-dealkylation sites (tertiary alicyclic amines) is 1. The number of hydrogen-bond donors (Lipinski definition) is 1. The fourth-order valence-corrected chi connectivity index (χ4v) is 6.48. The van der Waals surface area contributed by atoms with Crippen molar-refractivity contribution in [2.24, 2.45) is 0 Å². The van der Waals surface area contributed by atoms with E-state index in [1.165, 1.54) is 6.07 Å². The third kappa shape index (κ3) is 5.21. The molecule has 1 N–H and O–H groups in total. The van der Waals surface area contributed by atoms with Gasteiger partial charge < -0.3 is 24.1 Å². The summed E-state index contributed by atoms with van der Waals surface area (Å²) in [7, 11) is 1.59. The Labute approximate surface area is 253 Å². The molecule has 11 heteroatoms. The highest BCUT2D eigenvalue weighted by molar-refractivity contribution is 6.30. The predicted molar refractivity (Wildman–Crippen MR) is 159 cm³/mol. The normalized spacial score (nSPS) is 22.1. The Morgan fingerprint density at radius 1 is 1.16 bits per heavy atom. The van der Waals surface area contributed by atoms with Gasteiger partial charge in [-0.3, -0.25) is 9.69 Å². The highest BCUT2D eigenvalue weighted by Crippen LogP contribution is 2.49. The van der Waals surface area contributed by atoms with Crippen LogP contribution in [0.1, 0.15) is 59.5 Å². The van der Waals surface area contributed by atoms with E-state index in [4.69, 9.17) is 30.8 Å². The Hall–Kier alpha value is -3.73. The zero-order valence-electron chi connectivity index (χ0n) is 24.1. The molecule has 2 aromatic heterocycles. The summed E-state index contributed by atoms with van der Waals surface area (Å²) in [6.07, 6.45) is 4.78. The van der Waals surface area contributed by atoms with E-state index in [1.54, 1.807) is 38.4 Å². The molecule has 4 aromatic rings. The van der Waals surface area contributed by atoms with Crippen molar-refractivity contribution in [1.29, 1.82) is 0 Å². The van der Waals surface area contributed by atoms with Crippen LogP contribution in [-0.2, 0) is 23.6 Å². The standard InChI is InChI=1S/C32H33ClFN5O4/c1-32(23-7-6-20(33)14-24(23)34)42-28-5-3-4-22(30(28)43-32)19-8-11-38(12-9-19)18-29-37-25-15-26(31(40)35-2)36-16-27(25)39(29)17-21-10-13-41-21/h3-7,14-16,19,21H,8-13,17-18H2,1-2H3,(H,35,40)/t21-,32-/m0/s1. The van der Waals surface area contributed by atoms with E-state index in [-0.39, 0.29) is 17.9 Å². The van der Waals surface area contributed by atoms with Gasteiger partial charge in [0.2, 0.25) is 0 Å². The number of piperidine rings is 1. The van der Waals surface area contributed by atoms with Crippen molar-refractivity contribution < 1.29 is 23.4 Å². The van der Waals surface area contributed by atoms with Gasteiger partial charge in [-0.25, -0.2) is 14.4 Å². The second-order valence-corrected chi connectivity index (χ2v) is 12.0. The van der Waals surface area contributed by atoms with Crippen LogP contribution in [0.15, 0.2) is 48.7 Å². The Morgan fingerprint density at radius 3 is 2.70 bits per heavy atom. The van der Waals surface area contributed by atoms with Gasteiger partial charge in [0.05, 0.1) is 42.0 Å². The van der Waals surface area contributed by atoms with E-state index in [0.717, 1.165) is 61.4 Å². The third-order valence-corrected chi connectivity index (χ3v) is 9.01. The number of imidazole rings is 1. The summed E-state index contributed by atoms with van der Waals surface area (Å²) in [4.78, 5) is 23.9. The summed E-state index contributed by atoms with van der Waals surface area (Å²) < 4.78 is 35.3. The number of aromatic nitrogens is 3. The number of ether oxygens (including phenoxy) is 3. The molecular formula is C32H33ClFN5O4. The van der Waals surface area contributed by atoms with Crippen LogP contribution >= 0.6 is 11.6 Å². The van der Waals surface area contributed by atoms with Crippen molar-refractivity contribution in [2.45, 2.75) is 57.1 Å². The molecule has 0 bridgehead atoms. The van der Waals surface area contributed by atoms with Crippen molar-refractivity contribution >= 4 is 28.5 Å². The molecule has 1 amide bonds. The molecule has 2 fully saturated rings. The fourth-order valence-electron chi connectivity index (χ4n) is 6.32. The number of fused-ring (bicyclic) bond motifs is 2. The summed E-state index contributed by atoms with van der Waals surface area (Å²) in [5, 5.41) is 2.96. The summed E-state index contributed by atoms with van der Waals surface area (Å²) in [5.41, 5.74) is 3.41. The largest absolute Gasteiger partial charge is 0.444 e. The van der Waals surface area contributed by atoms with E-state index in [1.807, 2.05) is 12.1 Å². The molecule has 2 atom stereocenters. The highest BCUT2D eigenvalue weighted by atomic mass is 35.5. The molecular weight excluding hydrogens is 573 g/mol. The molecule has 5 heterocycles. The summed E-state index contributed by atoms with van der Waals surface area (Å²) in [6.45, 7) is 5.67. The first kappa shape index (κ1) is 28.1. The topological polar surface area (TPSA) is 90.7 Å². The van der Waals surface area contributed by atoms with Gasteiger partial charge in [0.1, 0.15) is 17.3 Å². The van der Waals surface area contributed by atoms with Gasteiger partial charge in [-0.2, -0.15) is 0 Å². The molecule has 2 saturated heterocycles. The van der Waals surface area contributed by atoms with Crippen molar-refractivity contribution in [3.05, 3.63) is 82.1 Å². The number of halogens is 2. The average molecular weight is 606 g/mol. The number of benzene rings is 2. The minimum absolute atomic E-state index is 0.162. The first-order valence-electron chi connectivity index (χ1n) is 14.7. The first-order valence-corrected chi connectivity index (χ1v) is 15.1. The number of hydrogen-bond acceptors (Lipinski definition) is 7. The molecule has 43 heavy (non-hydrogen) atoms. The summed E-state index contributed by atoms with van der Waals surface area (Å²) in [5.74, 6) is 0.541. The lowest BCUT2D eigenvalue weighted by Gasteiger charge is -2.33. The van der Waals surface area contributed by atoms with Crippen LogP contribution in [0.25, 0.3) is 11.0 Å². The van der Waals surface area contributed by atoms with E-state index in [2.05, 4.69) is 25.8 Å². The Balaban J connectivity index is 1.08. The highest BCUT2D eigenvalue weighted by Gasteiger charge is 2.43. The average Bonchev–Trinajstić information content (AvgIpc) is 3.50. The van der Waals surface area contributed by atoms with Crippen LogP contribution in [0.5, 0.6) is 11.5 Å². The first-order chi connectivity index (χ1) is 20.8. The van der Waals surface area contributed by atoms with Crippen molar-refractivity contribution in [3.63, 3.8) is 0 Å². The molecule has 0 saturated carbocycles. The maximum Gasteiger partial charge on any atom is 0.278 e. The van der Waals surface area contributed by atoms with Crippen LogP contribution in [-0.4, -0.2) is 58.2 Å².